The number of anilines is 1. The Kier molecular flexibility index (Phi) is 6.17. The SMILES string of the molecule is Cc1cccc(NC(=O)CNCC(C)(C)CN(C)C)c1. The summed E-state index contributed by atoms with van der Waals surface area (Å²) in [7, 11) is 4.12. The zero-order valence-corrected chi connectivity index (χ0v) is 13.3. The average molecular weight is 277 g/mol. The van der Waals surface area contributed by atoms with Crippen LogP contribution in [0.15, 0.2) is 24.3 Å². The lowest BCUT2D eigenvalue weighted by Crippen LogP contribution is -2.40. The lowest BCUT2D eigenvalue weighted by molar-refractivity contribution is -0.115. The molecular formula is C16H27N3O. The van der Waals surface area contributed by atoms with Gasteiger partial charge in [0.2, 0.25) is 5.91 Å². The third kappa shape index (κ3) is 6.68. The fraction of sp³-hybridized carbons (Fsp3) is 0.562. The quantitative estimate of drug-likeness (QED) is 0.802. The largest absolute Gasteiger partial charge is 0.325 e. The van der Waals surface area contributed by atoms with Gasteiger partial charge >= 0.3 is 0 Å². The maximum absolute atomic E-state index is 11.8. The van der Waals surface area contributed by atoms with Crippen molar-refractivity contribution in [3.05, 3.63) is 29.8 Å². The van der Waals surface area contributed by atoms with E-state index in [4.69, 9.17) is 0 Å². The van der Waals surface area contributed by atoms with Gasteiger partial charge in [0.25, 0.3) is 0 Å². The zero-order chi connectivity index (χ0) is 15.2. The molecule has 0 spiro atoms. The first-order valence-electron chi connectivity index (χ1n) is 7.00. The number of nitrogens with one attached hydrogen (secondary N) is 2. The Hall–Kier alpha value is -1.39. The number of hydrogen-bond donors (Lipinski definition) is 2. The van der Waals surface area contributed by atoms with Crippen molar-refractivity contribution in [1.82, 2.24) is 10.2 Å². The van der Waals surface area contributed by atoms with Crippen LogP contribution in [0.3, 0.4) is 0 Å². The molecule has 0 saturated carbocycles. The van der Waals surface area contributed by atoms with Crippen molar-refractivity contribution in [2.45, 2.75) is 20.8 Å². The second-order valence-corrected chi connectivity index (χ2v) is 6.42. The molecule has 0 fully saturated rings. The molecule has 0 heterocycles. The molecule has 2 N–H and O–H groups in total. The summed E-state index contributed by atoms with van der Waals surface area (Å²) < 4.78 is 0. The van der Waals surface area contributed by atoms with E-state index in [0.29, 0.717) is 6.54 Å². The third-order valence-corrected chi connectivity index (χ3v) is 2.94. The Morgan fingerprint density at radius 3 is 2.60 bits per heavy atom. The van der Waals surface area contributed by atoms with Crippen LogP contribution in [0.4, 0.5) is 5.69 Å². The Morgan fingerprint density at radius 1 is 1.30 bits per heavy atom. The summed E-state index contributed by atoms with van der Waals surface area (Å²) in [4.78, 5) is 14.0. The third-order valence-electron chi connectivity index (χ3n) is 2.94. The molecule has 0 aliphatic carbocycles. The van der Waals surface area contributed by atoms with Crippen molar-refractivity contribution in [2.75, 3.05) is 39.0 Å². The summed E-state index contributed by atoms with van der Waals surface area (Å²) in [5.74, 6) is -0.00347. The molecule has 0 saturated heterocycles. The van der Waals surface area contributed by atoms with Crippen molar-refractivity contribution in [2.24, 2.45) is 5.41 Å². The van der Waals surface area contributed by atoms with E-state index >= 15 is 0 Å². The van der Waals surface area contributed by atoms with E-state index in [1.165, 1.54) is 0 Å². The van der Waals surface area contributed by atoms with Crippen molar-refractivity contribution >= 4 is 11.6 Å². The van der Waals surface area contributed by atoms with Gasteiger partial charge in [-0.1, -0.05) is 26.0 Å². The second-order valence-electron chi connectivity index (χ2n) is 6.42. The van der Waals surface area contributed by atoms with Crippen molar-refractivity contribution in [1.29, 1.82) is 0 Å². The van der Waals surface area contributed by atoms with Crippen LogP contribution < -0.4 is 10.6 Å². The summed E-state index contributed by atoms with van der Waals surface area (Å²) in [5, 5.41) is 6.12. The Labute approximate surface area is 122 Å². The van der Waals surface area contributed by atoms with Crippen LogP contribution in [0.5, 0.6) is 0 Å². The van der Waals surface area contributed by atoms with Gasteiger partial charge in [0.15, 0.2) is 0 Å². The number of aryl methyl sites for hydroxylation is 1. The van der Waals surface area contributed by atoms with Crippen LogP contribution in [0.2, 0.25) is 0 Å². The van der Waals surface area contributed by atoms with E-state index in [0.717, 1.165) is 24.3 Å². The number of nitrogens with zero attached hydrogens (tertiary/aromatic N) is 1. The molecule has 0 bridgehead atoms. The summed E-state index contributed by atoms with van der Waals surface area (Å²) in [6, 6.07) is 7.82. The van der Waals surface area contributed by atoms with Gasteiger partial charge in [-0.15, -0.1) is 0 Å². The van der Waals surface area contributed by atoms with Gasteiger partial charge in [0, 0.05) is 18.8 Å². The highest BCUT2D eigenvalue weighted by Gasteiger charge is 2.18. The van der Waals surface area contributed by atoms with E-state index in [1.54, 1.807) is 0 Å². The standard InChI is InChI=1S/C16H27N3O/c1-13-7-6-8-14(9-13)18-15(20)10-17-11-16(2,3)12-19(4)5/h6-9,17H,10-12H2,1-5H3,(H,18,20). The van der Waals surface area contributed by atoms with Crippen LogP contribution in [-0.4, -0.2) is 44.5 Å². The number of carbonyl (C=O) groups excluding carboxylic acids is 1. The molecule has 0 aliphatic heterocycles. The summed E-state index contributed by atoms with van der Waals surface area (Å²) in [6.07, 6.45) is 0. The smallest absolute Gasteiger partial charge is 0.238 e. The minimum Gasteiger partial charge on any atom is -0.325 e. The topological polar surface area (TPSA) is 44.4 Å². The van der Waals surface area contributed by atoms with Crippen molar-refractivity contribution in [3.63, 3.8) is 0 Å². The monoisotopic (exact) mass is 277 g/mol. The molecule has 4 heteroatoms. The molecule has 112 valence electrons. The molecule has 20 heavy (non-hydrogen) atoms. The van der Waals surface area contributed by atoms with E-state index in [1.807, 2.05) is 31.2 Å². The molecule has 1 amide bonds. The van der Waals surface area contributed by atoms with E-state index < -0.39 is 0 Å². The van der Waals surface area contributed by atoms with Gasteiger partial charge in [-0.25, -0.2) is 0 Å². The summed E-state index contributed by atoms with van der Waals surface area (Å²) in [6.45, 7) is 8.53. The van der Waals surface area contributed by atoms with Crippen LogP contribution >= 0.6 is 0 Å². The zero-order valence-electron chi connectivity index (χ0n) is 13.3. The maximum Gasteiger partial charge on any atom is 0.238 e. The van der Waals surface area contributed by atoms with Gasteiger partial charge in [-0.2, -0.15) is 0 Å². The van der Waals surface area contributed by atoms with Crippen LogP contribution in [0.25, 0.3) is 0 Å². The van der Waals surface area contributed by atoms with Crippen molar-refractivity contribution in [3.8, 4) is 0 Å². The summed E-state index contributed by atoms with van der Waals surface area (Å²) >= 11 is 0. The predicted octanol–water partition coefficient (Wildman–Crippen LogP) is 2.11. The summed E-state index contributed by atoms with van der Waals surface area (Å²) in [5.41, 5.74) is 2.14. The molecule has 0 atom stereocenters. The fourth-order valence-electron chi connectivity index (χ4n) is 2.35. The van der Waals surface area contributed by atoms with Gasteiger partial charge in [0.05, 0.1) is 6.54 Å². The lowest BCUT2D eigenvalue weighted by Gasteiger charge is -2.28. The predicted molar refractivity (Wildman–Crippen MR) is 85.0 cm³/mol. The number of amides is 1. The van der Waals surface area contributed by atoms with Gasteiger partial charge < -0.3 is 15.5 Å². The molecule has 4 nitrogen and oxygen atoms in total. The molecule has 0 aromatic heterocycles. The first kappa shape index (κ1) is 16.7. The minimum atomic E-state index is -0.00347. The maximum atomic E-state index is 11.8. The first-order chi connectivity index (χ1) is 9.28. The van der Waals surface area contributed by atoms with Crippen LogP contribution in [0.1, 0.15) is 19.4 Å². The number of carbonyl (C=O) groups is 1. The second kappa shape index (κ2) is 7.41. The van der Waals surface area contributed by atoms with Crippen molar-refractivity contribution < 1.29 is 4.79 Å². The highest BCUT2D eigenvalue weighted by atomic mass is 16.1. The first-order valence-corrected chi connectivity index (χ1v) is 7.00. The average Bonchev–Trinajstić information content (AvgIpc) is 2.26. The van der Waals surface area contributed by atoms with E-state index in [2.05, 4.69) is 43.5 Å². The minimum absolute atomic E-state index is 0.00347. The molecule has 0 radical (unpaired) electrons. The lowest BCUT2D eigenvalue weighted by atomic mass is 9.93. The Bertz CT molecular complexity index is 441. The number of benzene rings is 1. The highest BCUT2D eigenvalue weighted by Crippen LogP contribution is 2.14. The van der Waals surface area contributed by atoms with E-state index in [9.17, 15) is 4.79 Å². The fourth-order valence-corrected chi connectivity index (χ4v) is 2.35. The molecule has 0 aliphatic rings. The molecule has 0 unspecified atom stereocenters. The number of rotatable bonds is 7. The van der Waals surface area contributed by atoms with Gasteiger partial charge in [-0.3, -0.25) is 4.79 Å². The molecule has 1 rings (SSSR count). The molecular weight excluding hydrogens is 250 g/mol. The Morgan fingerprint density at radius 2 is 2.00 bits per heavy atom. The van der Waals surface area contributed by atoms with Crippen LogP contribution in [0, 0.1) is 12.3 Å². The van der Waals surface area contributed by atoms with Gasteiger partial charge in [-0.05, 0) is 44.1 Å². The normalized spacial score (nSPS) is 11.7. The number of hydrogen-bond acceptors (Lipinski definition) is 3. The van der Waals surface area contributed by atoms with E-state index in [-0.39, 0.29) is 11.3 Å². The van der Waals surface area contributed by atoms with Gasteiger partial charge in [0.1, 0.15) is 0 Å². The Balaban J connectivity index is 2.33. The highest BCUT2D eigenvalue weighted by molar-refractivity contribution is 5.92. The molecule has 1 aromatic rings. The van der Waals surface area contributed by atoms with Crippen LogP contribution in [-0.2, 0) is 4.79 Å². The molecule has 1 aromatic carbocycles.